The van der Waals surface area contributed by atoms with Crippen molar-refractivity contribution in [3.05, 3.63) is 12.2 Å². The highest BCUT2D eigenvalue weighted by molar-refractivity contribution is 5.82. The Morgan fingerprint density at radius 1 is 1.77 bits per heavy atom. The van der Waals surface area contributed by atoms with E-state index in [1.54, 1.807) is 6.08 Å². The molecule has 4 heteroatoms. The molecule has 1 heterocycles. The van der Waals surface area contributed by atoms with Crippen LogP contribution in [0.5, 0.6) is 0 Å². The number of hydrogen-bond acceptors (Lipinski definition) is 4. The lowest BCUT2D eigenvalue weighted by Crippen LogP contribution is -2.36. The van der Waals surface area contributed by atoms with E-state index in [1.165, 1.54) is 6.08 Å². The van der Waals surface area contributed by atoms with Gasteiger partial charge in [-0.3, -0.25) is 4.79 Å². The second-order valence-corrected chi connectivity index (χ2v) is 2.76. The first kappa shape index (κ1) is 9.77. The number of esters is 2. The highest BCUT2D eigenvalue weighted by Crippen LogP contribution is 2.12. The van der Waals surface area contributed by atoms with Crippen LogP contribution in [-0.2, 0) is 19.1 Å². The van der Waals surface area contributed by atoms with Crippen LogP contribution in [0, 0.1) is 0 Å². The van der Waals surface area contributed by atoms with Crippen molar-refractivity contribution < 1.29 is 19.1 Å². The molecule has 0 radical (unpaired) electrons. The van der Waals surface area contributed by atoms with Gasteiger partial charge in [0.2, 0.25) is 0 Å². The molecule has 1 fully saturated rings. The van der Waals surface area contributed by atoms with Crippen LogP contribution in [0.3, 0.4) is 0 Å². The molecule has 72 valence electrons. The summed E-state index contributed by atoms with van der Waals surface area (Å²) in [6.07, 6.45) is 4.01. The summed E-state index contributed by atoms with van der Waals surface area (Å²) in [5.41, 5.74) is 0. The Balaban J connectivity index is 2.08. The predicted octanol–water partition coefficient (Wildman–Crippen LogP) is 0.811. The van der Waals surface area contributed by atoms with Crippen LogP contribution in [-0.4, -0.2) is 24.6 Å². The molecule has 1 rings (SSSR count). The Labute approximate surface area is 76.5 Å². The highest BCUT2D eigenvalue weighted by atomic mass is 16.6. The van der Waals surface area contributed by atoms with E-state index in [4.69, 9.17) is 4.74 Å². The van der Waals surface area contributed by atoms with Gasteiger partial charge in [0, 0.05) is 6.08 Å². The molecule has 1 unspecified atom stereocenters. The first-order chi connectivity index (χ1) is 6.22. The topological polar surface area (TPSA) is 52.6 Å². The molecule has 1 aliphatic heterocycles. The Morgan fingerprint density at radius 2 is 2.46 bits per heavy atom. The fraction of sp³-hybridized carbons (Fsp3) is 0.556. The molecular weight excluding hydrogens is 172 g/mol. The Bertz CT molecular complexity index is 224. The van der Waals surface area contributed by atoms with Crippen LogP contribution >= 0.6 is 0 Å². The van der Waals surface area contributed by atoms with Crippen molar-refractivity contribution in [1.29, 1.82) is 0 Å². The van der Waals surface area contributed by atoms with E-state index < -0.39 is 0 Å². The Kier molecular flexibility index (Phi) is 3.49. The number of allylic oxidation sites excluding steroid dienone is 1. The van der Waals surface area contributed by atoms with E-state index in [0.717, 1.165) is 6.42 Å². The third-order valence-electron chi connectivity index (χ3n) is 1.59. The van der Waals surface area contributed by atoms with Gasteiger partial charge in [-0.15, -0.1) is 0 Å². The van der Waals surface area contributed by atoms with Crippen molar-refractivity contribution in [3.63, 3.8) is 0 Å². The van der Waals surface area contributed by atoms with Crippen molar-refractivity contribution in [2.75, 3.05) is 6.61 Å². The fourth-order valence-corrected chi connectivity index (χ4v) is 0.892. The summed E-state index contributed by atoms with van der Waals surface area (Å²) in [5.74, 6) is -0.616. The Hall–Kier alpha value is -1.32. The van der Waals surface area contributed by atoms with E-state index in [9.17, 15) is 9.59 Å². The SMILES string of the molecule is CCC=CC(=O)OCC1CC(=O)O1. The monoisotopic (exact) mass is 184 g/mol. The maximum absolute atomic E-state index is 10.9. The molecule has 1 saturated heterocycles. The average molecular weight is 184 g/mol. The maximum atomic E-state index is 10.9. The van der Waals surface area contributed by atoms with Gasteiger partial charge in [0.1, 0.15) is 12.7 Å². The zero-order chi connectivity index (χ0) is 9.68. The lowest BCUT2D eigenvalue weighted by Gasteiger charge is -2.24. The molecular formula is C9H12O4. The molecule has 0 aromatic rings. The van der Waals surface area contributed by atoms with Crippen LogP contribution in [0.1, 0.15) is 19.8 Å². The number of carbonyl (C=O) groups excluding carboxylic acids is 2. The van der Waals surface area contributed by atoms with Gasteiger partial charge in [-0.2, -0.15) is 0 Å². The molecule has 0 aliphatic carbocycles. The van der Waals surface area contributed by atoms with Crippen molar-refractivity contribution in [3.8, 4) is 0 Å². The summed E-state index contributed by atoms with van der Waals surface area (Å²) in [4.78, 5) is 21.2. The molecule has 0 bridgehead atoms. The minimum atomic E-state index is -0.384. The smallest absolute Gasteiger partial charge is 0.330 e. The van der Waals surface area contributed by atoms with Crippen LogP contribution in [0.4, 0.5) is 0 Å². The van der Waals surface area contributed by atoms with Gasteiger partial charge in [-0.25, -0.2) is 4.79 Å². The molecule has 0 amide bonds. The fourth-order valence-electron chi connectivity index (χ4n) is 0.892. The van der Waals surface area contributed by atoms with E-state index in [-0.39, 0.29) is 24.6 Å². The number of cyclic esters (lactones) is 1. The minimum Gasteiger partial charge on any atom is -0.459 e. The summed E-state index contributed by atoms with van der Waals surface area (Å²) < 4.78 is 9.45. The standard InChI is InChI=1S/C9H12O4/c1-2-3-4-8(10)12-6-7-5-9(11)13-7/h3-4,7H,2,5-6H2,1H3. The van der Waals surface area contributed by atoms with Crippen molar-refractivity contribution in [1.82, 2.24) is 0 Å². The summed E-state index contributed by atoms with van der Waals surface area (Å²) in [5, 5.41) is 0. The maximum Gasteiger partial charge on any atom is 0.330 e. The van der Waals surface area contributed by atoms with Gasteiger partial charge in [0.25, 0.3) is 0 Å². The van der Waals surface area contributed by atoms with Crippen molar-refractivity contribution in [2.45, 2.75) is 25.9 Å². The van der Waals surface area contributed by atoms with Crippen LogP contribution in [0.2, 0.25) is 0 Å². The van der Waals surface area contributed by atoms with Gasteiger partial charge in [-0.1, -0.05) is 13.0 Å². The van der Waals surface area contributed by atoms with Gasteiger partial charge >= 0.3 is 11.9 Å². The zero-order valence-corrected chi connectivity index (χ0v) is 7.49. The predicted molar refractivity (Wildman–Crippen MR) is 44.9 cm³/mol. The van der Waals surface area contributed by atoms with Crippen LogP contribution < -0.4 is 0 Å². The summed E-state index contributed by atoms with van der Waals surface area (Å²) >= 11 is 0. The molecule has 1 atom stereocenters. The van der Waals surface area contributed by atoms with Crippen molar-refractivity contribution in [2.24, 2.45) is 0 Å². The molecule has 4 nitrogen and oxygen atoms in total. The van der Waals surface area contributed by atoms with Crippen molar-refractivity contribution >= 4 is 11.9 Å². The average Bonchev–Trinajstić information content (AvgIpc) is 2.07. The normalized spacial score (nSPS) is 21.0. The van der Waals surface area contributed by atoms with E-state index >= 15 is 0 Å². The summed E-state index contributed by atoms with van der Waals surface area (Å²) in [6.45, 7) is 2.09. The molecule has 0 aromatic heterocycles. The first-order valence-electron chi connectivity index (χ1n) is 4.25. The van der Waals surface area contributed by atoms with Gasteiger partial charge in [0.05, 0.1) is 6.42 Å². The largest absolute Gasteiger partial charge is 0.459 e. The number of rotatable bonds is 4. The Morgan fingerprint density at radius 3 is 3.00 bits per heavy atom. The second-order valence-electron chi connectivity index (χ2n) is 2.76. The van der Waals surface area contributed by atoms with Crippen LogP contribution in [0.25, 0.3) is 0 Å². The van der Waals surface area contributed by atoms with Gasteiger partial charge < -0.3 is 9.47 Å². The minimum absolute atomic E-state index is 0.165. The number of carbonyl (C=O) groups is 2. The van der Waals surface area contributed by atoms with Gasteiger partial charge in [0.15, 0.2) is 0 Å². The lowest BCUT2D eigenvalue weighted by molar-refractivity contribution is -0.177. The summed E-state index contributed by atoms with van der Waals surface area (Å²) in [6, 6.07) is 0. The van der Waals surface area contributed by atoms with Gasteiger partial charge in [-0.05, 0) is 6.42 Å². The number of ether oxygens (including phenoxy) is 2. The molecule has 0 saturated carbocycles. The van der Waals surface area contributed by atoms with E-state index in [0.29, 0.717) is 6.42 Å². The quantitative estimate of drug-likeness (QED) is 0.479. The molecule has 0 spiro atoms. The third-order valence-corrected chi connectivity index (χ3v) is 1.59. The third kappa shape index (κ3) is 3.27. The number of hydrogen-bond donors (Lipinski definition) is 0. The summed E-state index contributed by atoms with van der Waals surface area (Å²) in [7, 11) is 0. The first-order valence-corrected chi connectivity index (χ1v) is 4.25. The molecule has 1 aliphatic rings. The van der Waals surface area contributed by atoms with E-state index in [1.807, 2.05) is 6.92 Å². The zero-order valence-electron chi connectivity index (χ0n) is 7.49. The molecule has 0 N–H and O–H groups in total. The van der Waals surface area contributed by atoms with Crippen LogP contribution in [0.15, 0.2) is 12.2 Å². The molecule has 0 aromatic carbocycles. The highest BCUT2D eigenvalue weighted by Gasteiger charge is 2.29. The molecule has 13 heavy (non-hydrogen) atoms. The lowest BCUT2D eigenvalue weighted by atomic mass is 10.2. The second kappa shape index (κ2) is 4.64. The van der Waals surface area contributed by atoms with E-state index in [2.05, 4.69) is 4.74 Å².